The first-order valence-corrected chi connectivity index (χ1v) is 18.2. The highest BCUT2D eigenvalue weighted by Gasteiger charge is 2.46. The van der Waals surface area contributed by atoms with E-state index in [0.717, 1.165) is 35.4 Å². The van der Waals surface area contributed by atoms with Crippen molar-refractivity contribution in [2.24, 2.45) is 5.41 Å². The van der Waals surface area contributed by atoms with Crippen molar-refractivity contribution in [2.75, 3.05) is 23.7 Å². The molecule has 0 atom stereocenters. The third kappa shape index (κ3) is 8.12. The molecule has 10 nitrogen and oxygen atoms in total. The summed E-state index contributed by atoms with van der Waals surface area (Å²) >= 11 is 6.04. The first kappa shape index (κ1) is 37.6. The molecule has 2 amide bonds. The van der Waals surface area contributed by atoms with Gasteiger partial charge in [0.05, 0.1) is 11.2 Å². The van der Waals surface area contributed by atoms with Crippen molar-refractivity contribution in [1.29, 1.82) is 0 Å². The molecular formula is C39H55ClN6O4. The van der Waals surface area contributed by atoms with Crippen LogP contribution in [0.5, 0.6) is 0 Å². The summed E-state index contributed by atoms with van der Waals surface area (Å²) in [5.74, 6) is 1.39. The highest BCUT2D eigenvalue weighted by atomic mass is 35.5. The molecule has 1 saturated heterocycles. The van der Waals surface area contributed by atoms with Gasteiger partial charge < -0.3 is 18.9 Å². The lowest BCUT2D eigenvalue weighted by atomic mass is 9.73. The van der Waals surface area contributed by atoms with Crippen LogP contribution in [0.25, 0.3) is 10.9 Å². The number of nitrogens with one attached hydrogen (secondary N) is 2. The second-order valence-corrected chi connectivity index (χ2v) is 17.7. The molecule has 2 aliphatic rings. The zero-order chi connectivity index (χ0) is 36.7. The minimum Gasteiger partial charge on any atom is -0.359 e. The number of carbonyl (C=O) groups is 2. The number of anilines is 2. The molecule has 1 aliphatic heterocycles. The van der Waals surface area contributed by atoms with Crippen LogP contribution in [0.2, 0.25) is 5.02 Å². The molecule has 0 radical (unpaired) electrons. The van der Waals surface area contributed by atoms with Gasteiger partial charge in [-0.2, -0.15) is 0 Å². The van der Waals surface area contributed by atoms with Crippen molar-refractivity contribution in [2.45, 2.75) is 130 Å². The third-order valence-electron chi connectivity index (χ3n) is 10.5. The average molecular weight is 707 g/mol. The fraction of sp³-hybridized carbons (Fsp3) is 0.590. The number of halogens is 1. The van der Waals surface area contributed by atoms with E-state index in [0.29, 0.717) is 22.1 Å². The van der Waals surface area contributed by atoms with Crippen LogP contribution in [-0.4, -0.2) is 50.2 Å². The number of hydrogen-bond acceptors (Lipinski definition) is 7. The summed E-state index contributed by atoms with van der Waals surface area (Å²) in [6, 6.07) is 11.2. The second kappa shape index (κ2) is 13.8. The Morgan fingerprint density at radius 2 is 1.46 bits per heavy atom. The molecule has 50 heavy (non-hydrogen) atoms. The van der Waals surface area contributed by atoms with Crippen LogP contribution in [0.15, 0.2) is 51.6 Å². The van der Waals surface area contributed by atoms with Gasteiger partial charge in [0.2, 0.25) is 11.8 Å². The summed E-state index contributed by atoms with van der Waals surface area (Å²) < 4.78 is 12.6. The molecule has 0 unspecified atom stereocenters. The Balaban J connectivity index is 0.000000194. The number of aromatic nitrogens is 3. The molecular weight excluding hydrogens is 652 g/mol. The quantitative estimate of drug-likeness (QED) is 0.205. The maximum Gasteiger partial charge on any atom is 0.251 e. The number of benzene rings is 1. The molecule has 1 spiro atoms. The first-order chi connectivity index (χ1) is 23.2. The number of carbonyl (C=O) groups excluding carboxylic acids is 2. The van der Waals surface area contributed by atoms with Gasteiger partial charge in [0, 0.05) is 51.6 Å². The SMILES string of the molecule is CC(C)(C)c1cc(NC(=O)C(C)(C)N2CCC3(CCCCC3)C2)on1.CC(C)(C)c1cc(NC(=O)C(C)(C)n2ccc3cc(Cl)ccc32)no1. The van der Waals surface area contributed by atoms with Crippen LogP contribution < -0.4 is 10.6 Å². The first-order valence-electron chi connectivity index (χ1n) is 17.8. The fourth-order valence-corrected chi connectivity index (χ4v) is 7.07. The predicted octanol–water partition coefficient (Wildman–Crippen LogP) is 9.30. The van der Waals surface area contributed by atoms with Crippen molar-refractivity contribution in [3.05, 3.63) is 59.1 Å². The van der Waals surface area contributed by atoms with E-state index in [1.165, 1.54) is 38.5 Å². The van der Waals surface area contributed by atoms with Crippen LogP contribution in [-0.2, 0) is 26.0 Å². The topological polar surface area (TPSA) is 118 Å². The molecule has 272 valence electrons. The molecule has 11 heteroatoms. The number of rotatable bonds is 6. The van der Waals surface area contributed by atoms with E-state index in [9.17, 15) is 9.59 Å². The van der Waals surface area contributed by atoms with Crippen molar-refractivity contribution in [1.82, 2.24) is 19.8 Å². The largest absolute Gasteiger partial charge is 0.359 e. The molecule has 4 heterocycles. The van der Waals surface area contributed by atoms with Gasteiger partial charge in [-0.05, 0) is 83.2 Å². The summed E-state index contributed by atoms with van der Waals surface area (Å²) in [7, 11) is 0. The predicted molar refractivity (Wildman–Crippen MR) is 200 cm³/mol. The lowest BCUT2D eigenvalue weighted by molar-refractivity contribution is -0.126. The lowest BCUT2D eigenvalue weighted by Gasteiger charge is -2.38. The van der Waals surface area contributed by atoms with Crippen LogP contribution in [0.1, 0.15) is 119 Å². The number of likely N-dealkylation sites (tertiary alicyclic amines) is 1. The molecule has 2 fully saturated rings. The van der Waals surface area contributed by atoms with Crippen LogP contribution in [0.4, 0.5) is 11.7 Å². The molecule has 1 aromatic carbocycles. The van der Waals surface area contributed by atoms with Crippen LogP contribution in [0.3, 0.4) is 0 Å². The van der Waals surface area contributed by atoms with Gasteiger partial charge in [0.15, 0.2) is 5.82 Å². The molecule has 2 N–H and O–H groups in total. The van der Waals surface area contributed by atoms with E-state index in [2.05, 4.69) is 46.6 Å². The smallest absolute Gasteiger partial charge is 0.251 e. The minimum atomic E-state index is -0.809. The normalized spacial score (nSPS) is 17.1. The molecule has 6 rings (SSSR count). The second-order valence-electron chi connectivity index (χ2n) is 17.3. The summed E-state index contributed by atoms with van der Waals surface area (Å²) in [6.07, 6.45) is 9.80. The monoisotopic (exact) mass is 706 g/mol. The van der Waals surface area contributed by atoms with Crippen molar-refractivity contribution in [3.8, 4) is 0 Å². The van der Waals surface area contributed by atoms with E-state index >= 15 is 0 Å². The Bertz CT molecular complexity index is 1810. The Kier molecular flexibility index (Phi) is 10.4. The van der Waals surface area contributed by atoms with Crippen LogP contribution in [0, 0.1) is 5.41 Å². The molecule has 3 aromatic heterocycles. The number of fused-ring (bicyclic) bond motifs is 1. The summed E-state index contributed by atoms with van der Waals surface area (Å²) in [4.78, 5) is 28.1. The Hall–Kier alpha value is -3.63. The Morgan fingerprint density at radius 3 is 2.08 bits per heavy atom. The van der Waals surface area contributed by atoms with Crippen LogP contribution >= 0.6 is 11.6 Å². The van der Waals surface area contributed by atoms with E-state index in [4.69, 9.17) is 20.6 Å². The zero-order valence-electron chi connectivity index (χ0n) is 31.5. The highest BCUT2D eigenvalue weighted by molar-refractivity contribution is 6.31. The van der Waals surface area contributed by atoms with Gasteiger partial charge in [-0.1, -0.05) is 82.7 Å². The molecule has 0 bridgehead atoms. The standard InChI is InChI=1S/C20H33N3O2.C19H22ClN3O2/c1-18(2,3)15-13-16(25-22-15)21-17(24)19(4,5)23-12-11-20(14-23)9-7-6-8-10-20;1-18(2,3)15-11-16(22-25-15)21-17(24)19(4,5)23-9-8-12-10-13(20)6-7-14(12)23/h13H,6-12,14H2,1-5H3,(H,21,24);6-11H,1-5H3,(H,21,22,24). The van der Waals surface area contributed by atoms with Gasteiger partial charge in [0.1, 0.15) is 11.3 Å². The average Bonchev–Trinajstić information content (AvgIpc) is 3.84. The highest BCUT2D eigenvalue weighted by Crippen LogP contribution is 2.45. The van der Waals surface area contributed by atoms with E-state index in [1.807, 2.05) is 89.6 Å². The van der Waals surface area contributed by atoms with Gasteiger partial charge in [0.25, 0.3) is 5.91 Å². The number of amides is 2. The molecule has 1 aliphatic carbocycles. The van der Waals surface area contributed by atoms with E-state index in [1.54, 1.807) is 6.07 Å². The fourth-order valence-electron chi connectivity index (χ4n) is 6.89. The van der Waals surface area contributed by atoms with Crippen molar-refractivity contribution < 1.29 is 18.6 Å². The van der Waals surface area contributed by atoms with Gasteiger partial charge in [-0.3, -0.25) is 19.8 Å². The summed E-state index contributed by atoms with van der Waals surface area (Å²) in [5.41, 5.74) is 0.627. The summed E-state index contributed by atoms with van der Waals surface area (Å²) in [5, 5.41) is 15.5. The maximum atomic E-state index is 12.9. The Morgan fingerprint density at radius 1 is 0.780 bits per heavy atom. The van der Waals surface area contributed by atoms with Gasteiger partial charge >= 0.3 is 0 Å². The summed E-state index contributed by atoms with van der Waals surface area (Å²) in [6.45, 7) is 22.1. The molecule has 1 saturated carbocycles. The maximum absolute atomic E-state index is 12.9. The van der Waals surface area contributed by atoms with Crippen molar-refractivity contribution >= 4 is 46.0 Å². The molecule has 4 aromatic rings. The third-order valence-corrected chi connectivity index (χ3v) is 10.8. The minimum absolute atomic E-state index is 0.0167. The van der Waals surface area contributed by atoms with Gasteiger partial charge in [-0.15, -0.1) is 0 Å². The van der Waals surface area contributed by atoms with Gasteiger partial charge in [-0.25, -0.2) is 0 Å². The van der Waals surface area contributed by atoms with E-state index in [-0.39, 0.29) is 22.6 Å². The Labute approximate surface area is 301 Å². The number of hydrogen-bond donors (Lipinski definition) is 2. The number of nitrogens with zero attached hydrogens (tertiary/aromatic N) is 4. The lowest BCUT2D eigenvalue weighted by Crippen LogP contribution is -2.52. The zero-order valence-corrected chi connectivity index (χ0v) is 32.3. The van der Waals surface area contributed by atoms with Crippen molar-refractivity contribution in [3.63, 3.8) is 0 Å². The van der Waals surface area contributed by atoms with E-state index < -0.39 is 11.1 Å².